The lowest BCUT2D eigenvalue weighted by Crippen LogP contribution is -1.84. The zero-order chi connectivity index (χ0) is 10.4. The summed E-state index contributed by atoms with van der Waals surface area (Å²) in [4.78, 5) is 4.86. The zero-order valence-electron chi connectivity index (χ0n) is 8.66. The molecular weight excluding hydrogens is 174 g/mol. The van der Waals surface area contributed by atoms with Gasteiger partial charge in [-0.2, -0.15) is 0 Å². The monoisotopic (exact) mass is 189 g/mol. The molecule has 1 aromatic rings. The first-order valence-corrected chi connectivity index (χ1v) is 4.57. The molecule has 0 atom stereocenters. The van der Waals surface area contributed by atoms with Crippen LogP contribution >= 0.6 is 0 Å². The van der Waals surface area contributed by atoms with Crippen molar-refractivity contribution in [2.75, 3.05) is 0 Å². The second kappa shape index (κ2) is 5.22. The van der Waals surface area contributed by atoms with Crippen LogP contribution < -0.4 is 0 Å². The van der Waals surface area contributed by atoms with Crippen molar-refractivity contribution in [1.82, 2.24) is 0 Å². The smallest absolute Gasteiger partial charge is 0.128 e. The lowest BCUT2D eigenvalue weighted by atomic mass is 10.1. The summed E-state index contributed by atoms with van der Waals surface area (Å²) in [5.74, 6) is 0.778. The first kappa shape index (κ1) is 10.5. The fraction of sp³-hybridized carbons (Fsp3) is 0.250. The summed E-state index contributed by atoms with van der Waals surface area (Å²) < 4.78 is 0. The van der Waals surface area contributed by atoms with Gasteiger partial charge in [-0.1, -0.05) is 35.0 Å². The largest absolute Gasteiger partial charge is 0.363 e. The summed E-state index contributed by atoms with van der Waals surface area (Å²) in [6, 6.07) is 8.43. The molecule has 0 unspecified atom stereocenters. The van der Waals surface area contributed by atoms with E-state index in [0.29, 0.717) is 0 Å². The number of oxime groups is 1. The fourth-order valence-corrected chi connectivity index (χ4v) is 1.12. The second-order valence-electron chi connectivity index (χ2n) is 3.22. The van der Waals surface area contributed by atoms with Crippen LogP contribution in [0.2, 0.25) is 0 Å². The molecule has 0 aliphatic rings. The minimum atomic E-state index is 0.778. The molecule has 0 bridgehead atoms. The number of hydrogen-bond donors (Lipinski definition) is 0. The lowest BCUT2D eigenvalue weighted by molar-refractivity contribution is 0.232. The van der Waals surface area contributed by atoms with Crippen LogP contribution in [0.15, 0.2) is 41.3 Å². The third kappa shape index (κ3) is 3.44. The first-order valence-electron chi connectivity index (χ1n) is 4.57. The van der Waals surface area contributed by atoms with E-state index in [4.69, 9.17) is 4.84 Å². The van der Waals surface area contributed by atoms with Gasteiger partial charge in [0.2, 0.25) is 0 Å². The summed E-state index contributed by atoms with van der Waals surface area (Å²) in [5.41, 5.74) is 2.54. The maximum Gasteiger partial charge on any atom is 0.128 e. The molecule has 0 saturated heterocycles. The van der Waals surface area contributed by atoms with E-state index < -0.39 is 0 Å². The van der Waals surface area contributed by atoms with Crippen LogP contribution in [0.1, 0.15) is 18.1 Å². The molecule has 0 N–H and O–H groups in total. The number of hydrogen-bond acceptors (Lipinski definition) is 2. The van der Waals surface area contributed by atoms with Crippen LogP contribution in [0.3, 0.4) is 0 Å². The first-order chi connectivity index (χ1) is 6.72. The number of allylic oxidation sites excluding steroid dienone is 2. The van der Waals surface area contributed by atoms with E-state index in [1.807, 2.05) is 13.0 Å². The molecule has 0 saturated carbocycles. The minimum absolute atomic E-state index is 0.778. The van der Waals surface area contributed by atoms with E-state index in [0.717, 1.165) is 12.2 Å². The van der Waals surface area contributed by atoms with Crippen LogP contribution in [0, 0.1) is 6.92 Å². The molecule has 0 heterocycles. The van der Waals surface area contributed by atoms with Gasteiger partial charge in [-0.05, 0) is 31.9 Å². The van der Waals surface area contributed by atoms with Crippen LogP contribution in [0.4, 0.5) is 0 Å². The summed E-state index contributed by atoms with van der Waals surface area (Å²) in [7, 11) is 0. The number of benzene rings is 1. The maximum absolute atomic E-state index is 4.86. The Labute approximate surface area is 84.9 Å². The molecule has 0 fully saturated rings. The maximum atomic E-state index is 4.86. The van der Waals surface area contributed by atoms with Gasteiger partial charge in [0.1, 0.15) is 5.76 Å². The summed E-state index contributed by atoms with van der Waals surface area (Å²) in [6.07, 6.45) is 2.85. The molecule has 1 aromatic carbocycles. The van der Waals surface area contributed by atoms with Crippen molar-refractivity contribution in [2.24, 2.45) is 5.16 Å². The third-order valence-electron chi connectivity index (χ3n) is 1.95. The van der Waals surface area contributed by atoms with Crippen LogP contribution in [-0.2, 0) is 11.3 Å². The standard InChI is InChI=1S/C12H15NO/c1-10-4-7-12(8-5-10)9-6-11(2)14-13-3/h4-8H,3,9H2,1-2H3/b11-6-. The topological polar surface area (TPSA) is 21.6 Å². The Morgan fingerprint density at radius 3 is 2.64 bits per heavy atom. The predicted octanol–water partition coefficient (Wildman–Crippen LogP) is 3.07. The minimum Gasteiger partial charge on any atom is -0.363 e. The van der Waals surface area contributed by atoms with E-state index in [2.05, 4.69) is 43.1 Å². The van der Waals surface area contributed by atoms with Crippen LogP contribution in [0.25, 0.3) is 0 Å². The van der Waals surface area contributed by atoms with Crippen molar-refractivity contribution >= 4 is 6.72 Å². The van der Waals surface area contributed by atoms with E-state index in [9.17, 15) is 0 Å². The molecule has 0 aromatic heterocycles. The Bertz CT molecular complexity index is 325. The normalized spacial score (nSPS) is 11.1. The van der Waals surface area contributed by atoms with Crippen molar-refractivity contribution in [3.8, 4) is 0 Å². The SMILES string of the molecule is C=NO/C(C)=C\Cc1ccc(C)cc1. The summed E-state index contributed by atoms with van der Waals surface area (Å²) in [5, 5.41) is 3.34. The van der Waals surface area contributed by atoms with Crippen molar-refractivity contribution in [3.63, 3.8) is 0 Å². The molecule has 0 amide bonds. The van der Waals surface area contributed by atoms with Gasteiger partial charge >= 0.3 is 0 Å². The van der Waals surface area contributed by atoms with Crippen molar-refractivity contribution in [1.29, 1.82) is 0 Å². The molecule has 0 aliphatic carbocycles. The Balaban J connectivity index is 2.57. The number of aryl methyl sites for hydroxylation is 1. The van der Waals surface area contributed by atoms with Gasteiger partial charge in [0, 0.05) is 6.72 Å². The third-order valence-corrected chi connectivity index (χ3v) is 1.95. The molecular formula is C12H15NO. The van der Waals surface area contributed by atoms with Gasteiger partial charge in [-0.15, -0.1) is 0 Å². The highest BCUT2D eigenvalue weighted by molar-refractivity contribution is 5.23. The van der Waals surface area contributed by atoms with Gasteiger partial charge in [0.25, 0.3) is 0 Å². The van der Waals surface area contributed by atoms with Crippen LogP contribution in [-0.4, -0.2) is 6.72 Å². The summed E-state index contributed by atoms with van der Waals surface area (Å²) >= 11 is 0. The lowest BCUT2D eigenvalue weighted by Gasteiger charge is -1.99. The van der Waals surface area contributed by atoms with Crippen molar-refractivity contribution in [2.45, 2.75) is 20.3 Å². The molecule has 0 spiro atoms. The fourth-order valence-electron chi connectivity index (χ4n) is 1.12. The molecule has 74 valence electrons. The van der Waals surface area contributed by atoms with Crippen molar-refractivity contribution < 1.29 is 4.84 Å². The molecule has 14 heavy (non-hydrogen) atoms. The van der Waals surface area contributed by atoms with Crippen molar-refractivity contribution in [3.05, 3.63) is 47.2 Å². The van der Waals surface area contributed by atoms with Gasteiger partial charge < -0.3 is 4.84 Å². The second-order valence-corrected chi connectivity index (χ2v) is 3.22. The van der Waals surface area contributed by atoms with E-state index in [-0.39, 0.29) is 0 Å². The molecule has 1 rings (SSSR count). The predicted molar refractivity (Wildman–Crippen MR) is 59.3 cm³/mol. The average molecular weight is 189 g/mol. The van der Waals surface area contributed by atoms with Gasteiger partial charge in [-0.3, -0.25) is 0 Å². The number of rotatable bonds is 4. The van der Waals surface area contributed by atoms with E-state index >= 15 is 0 Å². The van der Waals surface area contributed by atoms with E-state index in [1.165, 1.54) is 11.1 Å². The summed E-state index contributed by atoms with van der Waals surface area (Å²) in [6.45, 7) is 7.20. The highest BCUT2D eigenvalue weighted by atomic mass is 16.6. The number of nitrogens with zero attached hydrogens (tertiary/aromatic N) is 1. The highest BCUT2D eigenvalue weighted by Crippen LogP contribution is 2.06. The van der Waals surface area contributed by atoms with E-state index in [1.54, 1.807) is 0 Å². The van der Waals surface area contributed by atoms with Crippen LogP contribution in [0.5, 0.6) is 0 Å². The Kier molecular flexibility index (Phi) is 3.92. The van der Waals surface area contributed by atoms with Gasteiger partial charge in [0.15, 0.2) is 0 Å². The highest BCUT2D eigenvalue weighted by Gasteiger charge is 1.91. The molecule has 0 aliphatic heterocycles. The Morgan fingerprint density at radius 2 is 2.07 bits per heavy atom. The average Bonchev–Trinajstić information content (AvgIpc) is 2.17. The Morgan fingerprint density at radius 1 is 1.43 bits per heavy atom. The quantitative estimate of drug-likeness (QED) is 0.405. The molecule has 2 nitrogen and oxygen atoms in total. The Hall–Kier alpha value is -1.57. The molecule has 2 heteroatoms. The van der Waals surface area contributed by atoms with Gasteiger partial charge in [-0.25, -0.2) is 0 Å². The molecule has 0 radical (unpaired) electrons. The zero-order valence-corrected chi connectivity index (χ0v) is 8.66. The van der Waals surface area contributed by atoms with Gasteiger partial charge in [0.05, 0.1) is 0 Å².